The molecule has 2 aromatic rings. The predicted octanol–water partition coefficient (Wildman–Crippen LogP) is 8.50. The van der Waals surface area contributed by atoms with Crippen molar-refractivity contribution in [3.05, 3.63) is 94.8 Å². The Morgan fingerprint density at radius 2 is 1.74 bits per heavy atom. The van der Waals surface area contributed by atoms with Crippen LogP contribution in [0.2, 0.25) is 0 Å². The molecule has 2 aromatic carbocycles. The van der Waals surface area contributed by atoms with Crippen LogP contribution in [-0.4, -0.2) is 0 Å². The van der Waals surface area contributed by atoms with E-state index in [-0.39, 0.29) is 17.3 Å². The van der Waals surface area contributed by atoms with Gasteiger partial charge in [0, 0.05) is 5.56 Å². The zero-order chi connectivity index (χ0) is 24.1. The maximum Gasteiger partial charge on any atom is 0.174 e. The van der Waals surface area contributed by atoms with E-state index < -0.39 is 11.6 Å². The standard InChI is InChI=1S/C31H33F3/c1-3-5-6-7-23-11-9-22(19-29(23)32)10-12-24-16-17-28(31(34)30(24)33)27-15-14-25-18-21(4-2)8-13-26(25)20-27/h3-5,9,11,16-17,19,21,25-27H,2,6-8,13-15,18,20H2,1H3/b5-3+. The molecule has 0 spiro atoms. The molecule has 4 unspecified atom stereocenters. The van der Waals surface area contributed by atoms with Gasteiger partial charge in [-0.25, -0.2) is 13.2 Å². The molecule has 3 heteroatoms. The smallest absolute Gasteiger partial charge is 0.174 e. The molecule has 4 rings (SSSR count). The Morgan fingerprint density at radius 3 is 2.50 bits per heavy atom. The van der Waals surface area contributed by atoms with Crippen LogP contribution in [0.1, 0.15) is 80.0 Å². The second-order valence-electron chi connectivity index (χ2n) is 9.83. The molecule has 2 saturated carbocycles. The molecular formula is C31H33F3. The summed E-state index contributed by atoms with van der Waals surface area (Å²) in [4.78, 5) is 0. The van der Waals surface area contributed by atoms with E-state index in [0.717, 1.165) is 38.5 Å². The van der Waals surface area contributed by atoms with E-state index in [4.69, 9.17) is 0 Å². The lowest BCUT2D eigenvalue weighted by Gasteiger charge is -2.41. The van der Waals surface area contributed by atoms with Crippen molar-refractivity contribution in [2.45, 2.75) is 64.2 Å². The molecule has 2 aliphatic rings. The quantitative estimate of drug-likeness (QED) is 0.309. The van der Waals surface area contributed by atoms with Crippen molar-refractivity contribution >= 4 is 0 Å². The zero-order valence-corrected chi connectivity index (χ0v) is 19.9. The van der Waals surface area contributed by atoms with Crippen molar-refractivity contribution in [2.75, 3.05) is 0 Å². The second-order valence-corrected chi connectivity index (χ2v) is 9.83. The molecule has 0 saturated heterocycles. The number of halogens is 3. The van der Waals surface area contributed by atoms with Crippen molar-refractivity contribution < 1.29 is 13.2 Å². The number of fused-ring (bicyclic) bond motifs is 1. The van der Waals surface area contributed by atoms with Crippen LogP contribution in [-0.2, 0) is 6.42 Å². The van der Waals surface area contributed by atoms with Crippen LogP contribution in [0.25, 0.3) is 0 Å². The maximum absolute atomic E-state index is 15.1. The third-order valence-electron chi connectivity index (χ3n) is 7.75. The topological polar surface area (TPSA) is 0 Å². The van der Waals surface area contributed by atoms with E-state index in [1.54, 1.807) is 24.3 Å². The molecular weight excluding hydrogens is 429 g/mol. The van der Waals surface area contributed by atoms with Crippen LogP contribution in [0.15, 0.2) is 55.1 Å². The van der Waals surface area contributed by atoms with Gasteiger partial charge in [-0.3, -0.25) is 0 Å². The van der Waals surface area contributed by atoms with Crippen molar-refractivity contribution in [1.29, 1.82) is 0 Å². The molecule has 0 aliphatic heterocycles. The summed E-state index contributed by atoms with van der Waals surface area (Å²) in [6, 6.07) is 8.07. The van der Waals surface area contributed by atoms with E-state index >= 15 is 4.39 Å². The molecule has 0 radical (unpaired) electrons. The van der Waals surface area contributed by atoms with Crippen LogP contribution < -0.4 is 0 Å². The fourth-order valence-electron chi connectivity index (χ4n) is 5.77. The molecule has 34 heavy (non-hydrogen) atoms. The zero-order valence-electron chi connectivity index (χ0n) is 19.9. The van der Waals surface area contributed by atoms with Gasteiger partial charge < -0.3 is 0 Å². The monoisotopic (exact) mass is 462 g/mol. The van der Waals surface area contributed by atoms with E-state index in [9.17, 15) is 8.78 Å². The summed E-state index contributed by atoms with van der Waals surface area (Å²) >= 11 is 0. The van der Waals surface area contributed by atoms with Crippen molar-refractivity contribution in [2.24, 2.45) is 17.8 Å². The molecule has 0 amide bonds. The fourth-order valence-corrected chi connectivity index (χ4v) is 5.77. The lowest BCUT2D eigenvalue weighted by molar-refractivity contribution is 0.132. The molecule has 178 valence electrons. The van der Waals surface area contributed by atoms with Crippen LogP contribution >= 0.6 is 0 Å². The number of hydrogen-bond donors (Lipinski definition) is 0. The average molecular weight is 463 g/mol. The highest BCUT2D eigenvalue weighted by molar-refractivity contribution is 5.46. The Balaban J connectivity index is 1.46. The van der Waals surface area contributed by atoms with E-state index in [1.807, 2.05) is 19.1 Å². The SMILES string of the molecule is C=CC1CCC2CC(c3ccc(C#Cc4ccc(CC/C=C/C)c(F)c4)c(F)c3F)CCC2C1. The van der Waals surface area contributed by atoms with Gasteiger partial charge in [0.05, 0.1) is 5.56 Å². The largest absolute Gasteiger partial charge is 0.207 e. The molecule has 0 N–H and O–H groups in total. The van der Waals surface area contributed by atoms with Gasteiger partial charge in [0.1, 0.15) is 5.82 Å². The summed E-state index contributed by atoms with van der Waals surface area (Å²) in [7, 11) is 0. The molecule has 0 nitrogen and oxygen atoms in total. The van der Waals surface area contributed by atoms with Crippen molar-refractivity contribution in [3.8, 4) is 11.8 Å². The van der Waals surface area contributed by atoms with Gasteiger partial charge in [-0.05, 0) is 111 Å². The predicted molar refractivity (Wildman–Crippen MR) is 133 cm³/mol. The maximum atomic E-state index is 15.1. The number of hydrogen-bond acceptors (Lipinski definition) is 0. The van der Waals surface area contributed by atoms with Crippen LogP contribution in [0, 0.1) is 47.0 Å². The lowest BCUT2D eigenvalue weighted by atomic mass is 9.64. The van der Waals surface area contributed by atoms with Crippen molar-refractivity contribution in [1.82, 2.24) is 0 Å². The minimum Gasteiger partial charge on any atom is -0.207 e. The van der Waals surface area contributed by atoms with E-state index in [1.165, 1.54) is 12.5 Å². The van der Waals surface area contributed by atoms with Gasteiger partial charge in [0.15, 0.2) is 11.6 Å². The minimum atomic E-state index is -0.897. The minimum absolute atomic E-state index is 0.0130. The fraction of sp³-hybridized carbons (Fsp3) is 0.419. The third-order valence-corrected chi connectivity index (χ3v) is 7.75. The number of aryl methyl sites for hydroxylation is 1. The Kier molecular flexibility index (Phi) is 7.99. The van der Waals surface area contributed by atoms with Gasteiger partial charge in [0.25, 0.3) is 0 Å². The summed E-state index contributed by atoms with van der Waals surface area (Å²) in [6.07, 6.45) is 13.8. The first kappa shape index (κ1) is 24.4. The molecule has 0 bridgehead atoms. The van der Waals surface area contributed by atoms with Crippen LogP contribution in [0.3, 0.4) is 0 Å². The first-order chi connectivity index (χ1) is 16.5. The van der Waals surface area contributed by atoms with Gasteiger partial charge >= 0.3 is 0 Å². The molecule has 2 fully saturated rings. The Morgan fingerprint density at radius 1 is 0.941 bits per heavy atom. The average Bonchev–Trinajstić information content (AvgIpc) is 2.85. The summed E-state index contributed by atoms with van der Waals surface area (Å²) in [6.45, 7) is 5.88. The number of allylic oxidation sites excluding steroid dienone is 3. The van der Waals surface area contributed by atoms with E-state index in [0.29, 0.717) is 40.9 Å². The summed E-state index contributed by atoms with van der Waals surface area (Å²) in [5, 5.41) is 0. The van der Waals surface area contributed by atoms with Crippen molar-refractivity contribution in [3.63, 3.8) is 0 Å². The summed E-state index contributed by atoms with van der Waals surface area (Å²) in [5.41, 5.74) is 1.56. The highest BCUT2D eigenvalue weighted by Gasteiger charge is 2.36. The van der Waals surface area contributed by atoms with Gasteiger partial charge in [-0.1, -0.05) is 42.2 Å². The van der Waals surface area contributed by atoms with Crippen LogP contribution in [0.4, 0.5) is 13.2 Å². The summed E-state index contributed by atoms with van der Waals surface area (Å²) < 4.78 is 44.3. The molecule has 4 atom stereocenters. The first-order valence-corrected chi connectivity index (χ1v) is 12.5. The van der Waals surface area contributed by atoms with Gasteiger partial charge in [-0.2, -0.15) is 0 Å². The Bertz CT molecular complexity index is 1120. The number of benzene rings is 2. The third kappa shape index (κ3) is 5.49. The van der Waals surface area contributed by atoms with E-state index in [2.05, 4.69) is 24.5 Å². The summed E-state index contributed by atoms with van der Waals surface area (Å²) in [5.74, 6) is 5.43. The lowest BCUT2D eigenvalue weighted by Crippen LogP contribution is -2.30. The second kappa shape index (κ2) is 11.1. The highest BCUT2D eigenvalue weighted by atomic mass is 19.2. The Hall–Kier alpha value is -2.73. The highest BCUT2D eigenvalue weighted by Crippen LogP contribution is 2.48. The first-order valence-electron chi connectivity index (χ1n) is 12.5. The Labute approximate surface area is 202 Å². The molecule has 2 aliphatic carbocycles. The molecule has 0 aromatic heterocycles. The normalized spacial score (nSPS) is 24.4. The number of rotatable bonds is 5. The molecule has 0 heterocycles. The van der Waals surface area contributed by atoms with Gasteiger partial charge in [0.2, 0.25) is 0 Å². The van der Waals surface area contributed by atoms with Gasteiger partial charge in [-0.15, -0.1) is 6.58 Å². The van der Waals surface area contributed by atoms with Crippen LogP contribution in [0.5, 0.6) is 0 Å².